The second kappa shape index (κ2) is 5.70. The van der Waals surface area contributed by atoms with E-state index in [2.05, 4.69) is 5.32 Å². The number of piperidine rings is 1. The molecule has 0 atom stereocenters. The van der Waals surface area contributed by atoms with E-state index >= 15 is 0 Å². The van der Waals surface area contributed by atoms with Crippen molar-refractivity contribution in [3.05, 3.63) is 29.6 Å². The van der Waals surface area contributed by atoms with Gasteiger partial charge in [0.15, 0.2) is 11.6 Å². The second-order valence-electron chi connectivity index (χ2n) is 5.34. The SMILES string of the molecule is COc1cccc(CC(=O)C2(C)CCNCC2)c1F. The largest absolute Gasteiger partial charge is 0.494 e. The van der Waals surface area contributed by atoms with Crippen LogP contribution in [0.25, 0.3) is 0 Å². The predicted molar refractivity (Wildman–Crippen MR) is 71.9 cm³/mol. The molecule has 1 aromatic rings. The van der Waals surface area contributed by atoms with E-state index in [-0.39, 0.29) is 23.4 Å². The third kappa shape index (κ3) is 2.95. The molecule has 1 aliphatic heterocycles. The number of benzene rings is 1. The van der Waals surface area contributed by atoms with Crippen LogP contribution >= 0.6 is 0 Å². The van der Waals surface area contributed by atoms with Gasteiger partial charge in [0.1, 0.15) is 5.78 Å². The standard InChI is InChI=1S/C15H20FNO2/c1-15(6-8-17-9-7-15)13(18)10-11-4-3-5-12(19-2)14(11)16/h3-5,17H,6-10H2,1-2H3. The van der Waals surface area contributed by atoms with Gasteiger partial charge in [-0.1, -0.05) is 19.1 Å². The molecule has 4 heteroatoms. The molecule has 0 amide bonds. The Hall–Kier alpha value is -1.42. The van der Waals surface area contributed by atoms with Gasteiger partial charge in [-0.05, 0) is 37.6 Å². The summed E-state index contributed by atoms with van der Waals surface area (Å²) in [6.45, 7) is 3.68. The number of carbonyl (C=O) groups is 1. The highest BCUT2D eigenvalue weighted by Crippen LogP contribution is 2.31. The highest BCUT2D eigenvalue weighted by molar-refractivity contribution is 5.86. The van der Waals surface area contributed by atoms with E-state index in [4.69, 9.17) is 4.74 Å². The van der Waals surface area contributed by atoms with Crippen molar-refractivity contribution < 1.29 is 13.9 Å². The van der Waals surface area contributed by atoms with Crippen LogP contribution in [0, 0.1) is 11.2 Å². The van der Waals surface area contributed by atoms with Gasteiger partial charge in [0.2, 0.25) is 0 Å². The number of rotatable bonds is 4. The summed E-state index contributed by atoms with van der Waals surface area (Å²) in [6, 6.07) is 4.94. The first-order valence-electron chi connectivity index (χ1n) is 6.62. The van der Waals surface area contributed by atoms with Crippen LogP contribution in [-0.4, -0.2) is 26.0 Å². The number of Topliss-reactive ketones (excluding diaryl/α,β-unsaturated/α-hetero) is 1. The minimum absolute atomic E-state index is 0.112. The molecule has 19 heavy (non-hydrogen) atoms. The zero-order valence-electron chi connectivity index (χ0n) is 11.5. The minimum atomic E-state index is -0.420. The van der Waals surface area contributed by atoms with Gasteiger partial charge >= 0.3 is 0 Å². The van der Waals surface area contributed by atoms with Crippen molar-refractivity contribution in [1.82, 2.24) is 5.32 Å². The van der Waals surface area contributed by atoms with Crippen LogP contribution in [0.4, 0.5) is 4.39 Å². The van der Waals surface area contributed by atoms with E-state index in [0.717, 1.165) is 25.9 Å². The fraction of sp³-hybridized carbons (Fsp3) is 0.533. The van der Waals surface area contributed by atoms with E-state index in [1.807, 2.05) is 6.92 Å². The summed E-state index contributed by atoms with van der Waals surface area (Å²) in [4.78, 5) is 12.4. The van der Waals surface area contributed by atoms with Crippen molar-refractivity contribution in [3.63, 3.8) is 0 Å². The maximum Gasteiger partial charge on any atom is 0.168 e. The molecule has 3 nitrogen and oxygen atoms in total. The molecule has 1 fully saturated rings. The quantitative estimate of drug-likeness (QED) is 0.908. The van der Waals surface area contributed by atoms with Gasteiger partial charge in [0, 0.05) is 11.8 Å². The summed E-state index contributed by atoms with van der Waals surface area (Å²) in [5.74, 6) is -0.113. The molecule has 0 radical (unpaired) electrons. The lowest BCUT2D eigenvalue weighted by molar-refractivity contribution is -0.128. The van der Waals surface area contributed by atoms with E-state index in [0.29, 0.717) is 5.56 Å². The number of nitrogens with one attached hydrogen (secondary N) is 1. The molecule has 1 aromatic carbocycles. The number of ketones is 1. The third-order valence-corrected chi connectivity index (χ3v) is 3.99. The van der Waals surface area contributed by atoms with Crippen LogP contribution in [-0.2, 0) is 11.2 Å². The number of halogens is 1. The maximum absolute atomic E-state index is 14.0. The summed E-state index contributed by atoms with van der Waals surface area (Å²) in [5, 5.41) is 3.24. The first-order chi connectivity index (χ1) is 9.07. The van der Waals surface area contributed by atoms with Crippen LogP contribution in [0.3, 0.4) is 0 Å². The molecule has 0 aliphatic carbocycles. The third-order valence-electron chi connectivity index (χ3n) is 3.99. The van der Waals surface area contributed by atoms with Gasteiger partial charge in [-0.25, -0.2) is 4.39 Å². The fourth-order valence-corrected chi connectivity index (χ4v) is 2.49. The topological polar surface area (TPSA) is 38.3 Å². The zero-order valence-corrected chi connectivity index (χ0v) is 11.5. The molecular formula is C15H20FNO2. The van der Waals surface area contributed by atoms with Crippen molar-refractivity contribution in [3.8, 4) is 5.75 Å². The smallest absolute Gasteiger partial charge is 0.168 e. The molecule has 104 valence electrons. The lowest BCUT2D eigenvalue weighted by atomic mass is 9.75. The van der Waals surface area contributed by atoms with Crippen LogP contribution in [0.2, 0.25) is 0 Å². The monoisotopic (exact) mass is 265 g/mol. The summed E-state index contributed by atoms with van der Waals surface area (Å²) in [5.41, 5.74) is 0.0879. The van der Waals surface area contributed by atoms with Gasteiger partial charge in [0.05, 0.1) is 7.11 Å². The first kappa shape index (κ1) is 14.0. The number of hydrogen-bond donors (Lipinski definition) is 1. The highest BCUT2D eigenvalue weighted by atomic mass is 19.1. The van der Waals surface area contributed by atoms with E-state index in [1.165, 1.54) is 7.11 Å². The molecule has 0 spiro atoms. The van der Waals surface area contributed by atoms with Crippen LogP contribution in [0.1, 0.15) is 25.3 Å². The Labute approximate surface area is 113 Å². The average molecular weight is 265 g/mol. The van der Waals surface area contributed by atoms with Crippen LogP contribution in [0.5, 0.6) is 5.75 Å². The average Bonchev–Trinajstić information content (AvgIpc) is 2.42. The lowest BCUT2D eigenvalue weighted by Gasteiger charge is -2.32. The van der Waals surface area contributed by atoms with Crippen molar-refractivity contribution >= 4 is 5.78 Å². The summed E-state index contributed by atoms with van der Waals surface area (Å²) < 4.78 is 19.0. The van der Waals surface area contributed by atoms with Gasteiger partial charge in [-0.2, -0.15) is 0 Å². The lowest BCUT2D eigenvalue weighted by Crippen LogP contribution is -2.40. The van der Waals surface area contributed by atoms with Crippen LogP contribution in [0.15, 0.2) is 18.2 Å². The van der Waals surface area contributed by atoms with Crippen molar-refractivity contribution in [1.29, 1.82) is 0 Å². The molecule has 1 saturated heterocycles. The Morgan fingerprint density at radius 3 is 2.74 bits per heavy atom. The number of methoxy groups -OCH3 is 1. The molecule has 2 rings (SSSR count). The first-order valence-corrected chi connectivity index (χ1v) is 6.62. The number of hydrogen-bond acceptors (Lipinski definition) is 3. The Morgan fingerprint density at radius 2 is 2.11 bits per heavy atom. The molecule has 0 saturated carbocycles. The summed E-state index contributed by atoms with van der Waals surface area (Å²) in [7, 11) is 1.43. The number of ether oxygens (including phenoxy) is 1. The Morgan fingerprint density at radius 1 is 1.42 bits per heavy atom. The molecule has 0 unspecified atom stereocenters. The predicted octanol–water partition coefficient (Wildman–Crippen LogP) is 2.34. The fourth-order valence-electron chi connectivity index (χ4n) is 2.49. The normalized spacial score (nSPS) is 18.1. The molecule has 0 bridgehead atoms. The van der Waals surface area contributed by atoms with Gasteiger partial charge in [-0.15, -0.1) is 0 Å². The molecule has 0 aromatic heterocycles. The van der Waals surface area contributed by atoms with E-state index in [1.54, 1.807) is 18.2 Å². The van der Waals surface area contributed by atoms with Crippen LogP contribution < -0.4 is 10.1 Å². The molecule has 1 heterocycles. The Balaban J connectivity index is 2.14. The van der Waals surface area contributed by atoms with E-state index in [9.17, 15) is 9.18 Å². The molecular weight excluding hydrogens is 245 g/mol. The highest BCUT2D eigenvalue weighted by Gasteiger charge is 2.34. The van der Waals surface area contributed by atoms with Gasteiger partial charge in [0.25, 0.3) is 0 Å². The van der Waals surface area contributed by atoms with Crippen molar-refractivity contribution in [2.45, 2.75) is 26.2 Å². The van der Waals surface area contributed by atoms with Gasteiger partial charge in [-0.3, -0.25) is 4.79 Å². The van der Waals surface area contributed by atoms with E-state index < -0.39 is 5.82 Å². The minimum Gasteiger partial charge on any atom is -0.494 e. The second-order valence-corrected chi connectivity index (χ2v) is 5.34. The maximum atomic E-state index is 14.0. The van der Waals surface area contributed by atoms with Crippen molar-refractivity contribution in [2.75, 3.05) is 20.2 Å². The zero-order chi connectivity index (χ0) is 13.9. The van der Waals surface area contributed by atoms with Crippen molar-refractivity contribution in [2.24, 2.45) is 5.41 Å². The molecule has 1 aliphatic rings. The Kier molecular flexibility index (Phi) is 4.20. The summed E-state index contributed by atoms with van der Waals surface area (Å²) >= 11 is 0. The summed E-state index contributed by atoms with van der Waals surface area (Å²) in [6.07, 6.45) is 1.77. The molecule has 1 N–H and O–H groups in total. The Bertz CT molecular complexity index is 467. The number of carbonyl (C=O) groups excluding carboxylic acids is 1. The van der Waals surface area contributed by atoms with Gasteiger partial charge < -0.3 is 10.1 Å².